The zero-order valence-corrected chi connectivity index (χ0v) is 16.6. The Hall–Kier alpha value is -4.01. The summed E-state index contributed by atoms with van der Waals surface area (Å²) in [7, 11) is 0. The van der Waals surface area contributed by atoms with E-state index in [1.54, 1.807) is 31.2 Å². The maximum atomic E-state index is 13.0. The summed E-state index contributed by atoms with van der Waals surface area (Å²) >= 11 is 0. The maximum Gasteiger partial charge on any atom is 0.332 e. The van der Waals surface area contributed by atoms with Crippen molar-refractivity contribution in [2.45, 2.75) is 26.6 Å². The van der Waals surface area contributed by atoms with Gasteiger partial charge in [0.15, 0.2) is 0 Å². The van der Waals surface area contributed by atoms with Gasteiger partial charge in [-0.05, 0) is 43.3 Å². The Morgan fingerprint density at radius 2 is 1.84 bits per heavy atom. The smallest absolute Gasteiger partial charge is 0.332 e. The van der Waals surface area contributed by atoms with Crippen molar-refractivity contribution in [1.29, 1.82) is 0 Å². The molecule has 2 aromatic heterocycles. The second-order valence-corrected chi connectivity index (χ2v) is 6.75. The molecule has 0 atom stereocenters. The molecule has 0 saturated carbocycles. The third kappa shape index (κ3) is 4.02. The van der Waals surface area contributed by atoms with Gasteiger partial charge in [-0.2, -0.15) is 0 Å². The number of fused-ring (bicyclic) bond motifs is 1. The topological polar surface area (TPSA) is 96.3 Å². The van der Waals surface area contributed by atoms with Gasteiger partial charge in [0.2, 0.25) is 5.89 Å². The van der Waals surface area contributed by atoms with Gasteiger partial charge in [-0.3, -0.25) is 18.7 Å². The summed E-state index contributed by atoms with van der Waals surface area (Å²) in [6.07, 6.45) is 1.34. The van der Waals surface area contributed by atoms with Crippen LogP contribution in [-0.2, 0) is 29.2 Å². The summed E-state index contributed by atoms with van der Waals surface area (Å²) in [6, 6.07) is 12.2. The number of rotatable bonds is 6. The Morgan fingerprint density at radius 3 is 2.58 bits per heavy atom. The second kappa shape index (κ2) is 8.39. The van der Waals surface area contributed by atoms with E-state index in [0.717, 1.165) is 4.57 Å². The van der Waals surface area contributed by atoms with Crippen molar-refractivity contribution in [1.82, 2.24) is 14.1 Å². The number of hydrogen-bond donors (Lipinski definition) is 0. The van der Waals surface area contributed by atoms with Gasteiger partial charge < -0.3 is 9.15 Å². The van der Waals surface area contributed by atoms with Crippen molar-refractivity contribution in [3.8, 4) is 11.5 Å². The number of esters is 1. The summed E-state index contributed by atoms with van der Waals surface area (Å²) in [5.74, 6) is -0.773. The molecule has 0 amide bonds. The normalized spacial score (nSPS) is 11.0. The first-order valence-electron chi connectivity index (χ1n) is 9.56. The van der Waals surface area contributed by atoms with Gasteiger partial charge in [0.25, 0.3) is 5.56 Å². The summed E-state index contributed by atoms with van der Waals surface area (Å²) in [5.41, 5.74) is 0.327. The molecule has 0 saturated heterocycles. The third-order valence-electron chi connectivity index (χ3n) is 4.76. The van der Waals surface area contributed by atoms with Crippen LogP contribution < -0.4 is 11.2 Å². The Morgan fingerprint density at radius 1 is 1.10 bits per heavy atom. The summed E-state index contributed by atoms with van der Waals surface area (Å²) < 4.78 is 25.9. The van der Waals surface area contributed by atoms with E-state index in [-0.39, 0.29) is 31.4 Å². The average molecular weight is 423 g/mol. The van der Waals surface area contributed by atoms with Crippen LogP contribution in [0.25, 0.3) is 22.4 Å². The van der Waals surface area contributed by atoms with Crippen LogP contribution in [0.2, 0.25) is 0 Å². The van der Waals surface area contributed by atoms with Crippen LogP contribution in [0.4, 0.5) is 4.39 Å². The number of benzene rings is 2. The zero-order valence-electron chi connectivity index (χ0n) is 16.6. The van der Waals surface area contributed by atoms with Crippen molar-refractivity contribution in [2.75, 3.05) is 0 Å². The van der Waals surface area contributed by atoms with E-state index < -0.39 is 17.2 Å². The summed E-state index contributed by atoms with van der Waals surface area (Å²) in [4.78, 5) is 41.8. The number of aromatic nitrogens is 3. The Balaban J connectivity index is 1.51. The Labute approximate surface area is 175 Å². The van der Waals surface area contributed by atoms with Crippen LogP contribution in [0.1, 0.15) is 12.6 Å². The second-order valence-electron chi connectivity index (χ2n) is 6.75. The molecule has 0 fully saturated rings. The lowest BCUT2D eigenvalue weighted by Gasteiger charge is -2.12. The quantitative estimate of drug-likeness (QED) is 0.443. The predicted molar refractivity (Wildman–Crippen MR) is 110 cm³/mol. The van der Waals surface area contributed by atoms with Gasteiger partial charge in [-0.15, -0.1) is 0 Å². The van der Waals surface area contributed by atoms with Gasteiger partial charge >= 0.3 is 11.7 Å². The van der Waals surface area contributed by atoms with E-state index in [0.29, 0.717) is 22.2 Å². The lowest BCUT2D eigenvalue weighted by atomic mass is 10.2. The van der Waals surface area contributed by atoms with Gasteiger partial charge in [-0.1, -0.05) is 12.1 Å². The molecule has 9 heteroatoms. The molecule has 0 aliphatic heterocycles. The number of oxazole rings is 1. The maximum absolute atomic E-state index is 13.0. The lowest BCUT2D eigenvalue weighted by Crippen LogP contribution is -2.40. The fourth-order valence-corrected chi connectivity index (χ4v) is 3.23. The van der Waals surface area contributed by atoms with Crippen LogP contribution >= 0.6 is 0 Å². The largest absolute Gasteiger partial charge is 0.458 e. The highest BCUT2D eigenvalue weighted by Crippen LogP contribution is 2.19. The molecular weight excluding hydrogens is 405 g/mol. The first kappa shape index (κ1) is 20.3. The number of halogens is 1. The van der Waals surface area contributed by atoms with E-state index in [1.165, 1.54) is 35.1 Å². The highest BCUT2D eigenvalue weighted by molar-refractivity contribution is 5.80. The molecule has 4 aromatic rings. The molecule has 158 valence electrons. The number of carbonyl (C=O) groups is 1. The van der Waals surface area contributed by atoms with E-state index >= 15 is 0 Å². The molecule has 8 nitrogen and oxygen atoms in total. The molecule has 0 spiro atoms. The number of carbonyl (C=O) groups excluding carboxylic acids is 1. The molecular formula is C22H18FN3O5. The third-order valence-corrected chi connectivity index (χ3v) is 4.76. The molecule has 0 N–H and O–H groups in total. The van der Waals surface area contributed by atoms with E-state index in [9.17, 15) is 18.8 Å². The minimum atomic E-state index is -0.667. The molecule has 0 aliphatic rings. The van der Waals surface area contributed by atoms with Crippen molar-refractivity contribution < 1.29 is 18.3 Å². The molecule has 0 unspecified atom stereocenters. The fraction of sp³-hybridized carbons (Fsp3) is 0.182. The monoisotopic (exact) mass is 423 g/mol. The van der Waals surface area contributed by atoms with Crippen molar-refractivity contribution in [3.63, 3.8) is 0 Å². The molecule has 0 aliphatic carbocycles. The summed E-state index contributed by atoms with van der Waals surface area (Å²) in [5, 5.41) is 0.345. The summed E-state index contributed by atoms with van der Waals surface area (Å²) in [6.45, 7) is 1.35. The highest BCUT2D eigenvalue weighted by Gasteiger charge is 2.16. The van der Waals surface area contributed by atoms with Crippen LogP contribution in [0.15, 0.2) is 68.8 Å². The highest BCUT2D eigenvalue weighted by atomic mass is 19.1. The van der Waals surface area contributed by atoms with Crippen LogP contribution in [0.3, 0.4) is 0 Å². The number of para-hydroxylation sites is 1. The van der Waals surface area contributed by atoms with E-state index in [4.69, 9.17) is 9.15 Å². The Kier molecular flexibility index (Phi) is 5.48. The zero-order chi connectivity index (χ0) is 22.0. The Bertz CT molecular complexity index is 1370. The van der Waals surface area contributed by atoms with Gasteiger partial charge in [0.1, 0.15) is 30.9 Å². The van der Waals surface area contributed by atoms with Crippen molar-refractivity contribution >= 4 is 16.9 Å². The molecule has 2 heterocycles. The molecule has 0 bridgehead atoms. The first-order chi connectivity index (χ1) is 15.0. The van der Waals surface area contributed by atoms with E-state index in [1.807, 2.05) is 0 Å². The van der Waals surface area contributed by atoms with Crippen LogP contribution in [-0.4, -0.2) is 20.1 Å². The predicted octanol–water partition coefficient (Wildman–Crippen LogP) is 2.72. The number of hydrogen-bond acceptors (Lipinski definition) is 6. The lowest BCUT2D eigenvalue weighted by molar-refractivity contribution is -0.145. The fourth-order valence-electron chi connectivity index (χ4n) is 3.23. The average Bonchev–Trinajstić information content (AvgIpc) is 3.25. The SMILES string of the molecule is CCn1c(=O)c2ccccc2n(CC(=O)OCc2coc(-c3ccc(F)cc3)n2)c1=O. The molecule has 0 radical (unpaired) electrons. The molecule has 31 heavy (non-hydrogen) atoms. The van der Waals surface area contributed by atoms with Gasteiger partial charge in [0, 0.05) is 12.1 Å². The van der Waals surface area contributed by atoms with Gasteiger partial charge in [0.05, 0.1) is 10.9 Å². The molecule has 4 rings (SSSR count). The molecule has 2 aromatic carbocycles. The van der Waals surface area contributed by atoms with Crippen LogP contribution in [0, 0.1) is 5.82 Å². The van der Waals surface area contributed by atoms with Crippen molar-refractivity contribution in [3.05, 3.63) is 87.1 Å². The van der Waals surface area contributed by atoms with Gasteiger partial charge in [-0.25, -0.2) is 14.2 Å². The number of ether oxygens (including phenoxy) is 1. The first-order valence-corrected chi connectivity index (χ1v) is 9.56. The van der Waals surface area contributed by atoms with E-state index in [2.05, 4.69) is 4.98 Å². The number of nitrogens with zero attached hydrogens (tertiary/aromatic N) is 3. The minimum absolute atomic E-state index is 0.163. The minimum Gasteiger partial charge on any atom is -0.458 e. The van der Waals surface area contributed by atoms with Crippen LogP contribution in [0.5, 0.6) is 0 Å². The standard InChI is InChI=1S/C22H18FN3O5/c1-2-25-21(28)17-5-3-4-6-18(17)26(22(25)29)11-19(27)30-12-16-13-31-20(24-16)14-7-9-15(23)10-8-14/h3-10,13H,2,11-12H2,1H3. The van der Waals surface area contributed by atoms with Crippen molar-refractivity contribution in [2.24, 2.45) is 0 Å².